The van der Waals surface area contributed by atoms with Crippen LogP contribution in [0.5, 0.6) is 0 Å². The Kier molecular flexibility index (Phi) is 2.93. The van der Waals surface area contributed by atoms with Gasteiger partial charge in [-0.05, 0) is 45.3 Å². The largest absolute Gasteiger partial charge is 0.447 e. The Hall–Kier alpha value is -0.870. The van der Waals surface area contributed by atoms with Crippen LogP contribution in [0.25, 0.3) is 0 Å². The third-order valence-corrected chi connectivity index (χ3v) is 3.66. The molecule has 1 atom stereocenters. The van der Waals surface area contributed by atoms with E-state index in [-0.39, 0.29) is 0 Å². The summed E-state index contributed by atoms with van der Waals surface area (Å²) in [5.41, 5.74) is 1.16. The van der Waals surface area contributed by atoms with Crippen LogP contribution in [0.4, 0.5) is 0 Å². The molecule has 3 heterocycles. The molecule has 88 valence electrons. The number of aromatic nitrogens is 1. The van der Waals surface area contributed by atoms with Crippen LogP contribution in [0.2, 0.25) is 0 Å². The molecule has 0 radical (unpaired) electrons. The van der Waals surface area contributed by atoms with Gasteiger partial charge >= 0.3 is 0 Å². The first kappa shape index (κ1) is 10.3. The zero-order valence-corrected chi connectivity index (χ0v) is 9.54. The van der Waals surface area contributed by atoms with Gasteiger partial charge in [-0.25, -0.2) is 4.98 Å². The Labute approximate surface area is 95.8 Å². The first-order valence-corrected chi connectivity index (χ1v) is 6.33. The summed E-state index contributed by atoms with van der Waals surface area (Å²) in [4.78, 5) is 4.66. The molecule has 1 unspecified atom stereocenters. The van der Waals surface area contributed by atoms with Gasteiger partial charge in [-0.1, -0.05) is 0 Å². The van der Waals surface area contributed by atoms with E-state index < -0.39 is 0 Å². The molecule has 2 fully saturated rings. The molecule has 0 aromatic carbocycles. The summed E-state index contributed by atoms with van der Waals surface area (Å²) in [6, 6.07) is 0.357. The van der Waals surface area contributed by atoms with E-state index in [9.17, 15) is 0 Å². The predicted octanol–water partition coefficient (Wildman–Crippen LogP) is 1.57. The highest BCUT2D eigenvalue weighted by molar-refractivity contribution is 5.08. The second-order valence-corrected chi connectivity index (χ2v) is 4.78. The Morgan fingerprint density at radius 3 is 2.81 bits per heavy atom. The number of nitrogens with zero attached hydrogens (tertiary/aromatic N) is 1. The molecule has 4 nitrogen and oxygen atoms in total. The topological polar surface area (TPSA) is 50.1 Å². The number of piperidine rings is 1. The summed E-state index contributed by atoms with van der Waals surface area (Å²) >= 11 is 0. The van der Waals surface area contributed by atoms with Crippen molar-refractivity contribution in [3.63, 3.8) is 0 Å². The number of nitrogens with one attached hydrogen (secondary N) is 2. The van der Waals surface area contributed by atoms with Crippen LogP contribution in [0.15, 0.2) is 10.7 Å². The van der Waals surface area contributed by atoms with Gasteiger partial charge in [-0.15, -0.1) is 0 Å². The van der Waals surface area contributed by atoms with Crippen molar-refractivity contribution in [2.75, 3.05) is 19.6 Å². The molecule has 2 saturated heterocycles. The molecule has 4 heteroatoms. The lowest BCUT2D eigenvalue weighted by molar-refractivity contribution is 0.428. The fourth-order valence-electron chi connectivity index (χ4n) is 2.66. The average molecular weight is 221 g/mol. The summed E-state index contributed by atoms with van der Waals surface area (Å²) in [6.45, 7) is 3.30. The Morgan fingerprint density at radius 2 is 2.06 bits per heavy atom. The van der Waals surface area contributed by atoms with Gasteiger partial charge in [-0.2, -0.15) is 0 Å². The zero-order chi connectivity index (χ0) is 10.8. The van der Waals surface area contributed by atoms with E-state index in [2.05, 4.69) is 15.6 Å². The number of hydrogen-bond donors (Lipinski definition) is 2. The summed E-state index contributed by atoms with van der Waals surface area (Å²) < 4.78 is 5.61. The van der Waals surface area contributed by atoms with E-state index >= 15 is 0 Å². The molecule has 2 aliphatic heterocycles. The highest BCUT2D eigenvalue weighted by Gasteiger charge is 2.24. The minimum Gasteiger partial charge on any atom is -0.447 e. The molecule has 2 N–H and O–H groups in total. The van der Waals surface area contributed by atoms with Crippen LogP contribution in [-0.4, -0.2) is 24.6 Å². The maximum Gasteiger partial charge on any atom is 0.211 e. The lowest BCUT2D eigenvalue weighted by atomic mass is 9.95. The van der Waals surface area contributed by atoms with Crippen LogP contribution < -0.4 is 10.6 Å². The summed E-state index contributed by atoms with van der Waals surface area (Å²) in [6.07, 6.45) is 6.63. The standard InChI is InChI=1S/C12H19N3O/c1-2-10(14-5-1)12-15-11(8-16-12)9-3-6-13-7-4-9/h8-10,13-14H,1-7H2. The monoisotopic (exact) mass is 221 g/mol. The van der Waals surface area contributed by atoms with Gasteiger partial charge < -0.3 is 15.1 Å². The highest BCUT2D eigenvalue weighted by Crippen LogP contribution is 2.28. The molecule has 0 aliphatic carbocycles. The van der Waals surface area contributed by atoms with Crippen molar-refractivity contribution in [3.05, 3.63) is 17.8 Å². The average Bonchev–Trinajstić information content (AvgIpc) is 3.01. The number of hydrogen-bond acceptors (Lipinski definition) is 4. The lowest BCUT2D eigenvalue weighted by Crippen LogP contribution is -2.26. The van der Waals surface area contributed by atoms with Gasteiger partial charge in [0.05, 0.1) is 11.7 Å². The van der Waals surface area contributed by atoms with Crippen LogP contribution in [0.1, 0.15) is 49.2 Å². The molecule has 1 aromatic rings. The van der Waals surface area contributed by atoms with Gasteiger partial charge in [0.2, 0.25) is 5.89 Å². The molecular formula is C12H19N3O. The van der Waals surface area contributed by atoms with Gasteiger partial charge in [0.15, 0.2) is 0 Å². The quantitative estimate of drug-likeness (QED) is 0.796. The van der Waals surface area contributed by atoms with Crippen molar-refractivity contribution < 1.29 is 4.42 Å². The van der Waals surface area contributed by atoms with Gasteiger partial charge in [0.1, 0.15) is 6.26 Å². The normalized spacial score (nSPS) is 27.4. The zero-order valence-electron chi connectivity index (χ0n) is 9.54. The van der Waals surface area contributed by atoms with E-state index in [1.54, 1.807) is 0 Å². The van der Waals surface area contributed by atoms with Crippen molar-refractivity contribution in [2.45, 2.75) is 37.6 Å². The van der Waals surface area contributed by atoms with Crippen molar-refractivity contribution in [1.29, 1.82) is 0 Å². The first-order valence-electron chi connectivity index (χ1n) is 6.33. The van der Waals surface area contributed by atoms with Crippen molar-refractivity contribution in [3.8, 4) is 0 Å². The second-order valence-electron chi connectivity index (χ2n) is 4.78. The molecule has 1 aromatic heterocycles. The minimum atomic E-state index is 0.357. The van der Waals surface area contributed by atoms with Crippen LogP contribution in [-0.2, 0) is 0 Å². The Morgan fingerprint density at radius 1 is 1.19 bits per heavy atom. The third kappa shape index (κ3) is 1.99. The maximum atomic E-state index is 5.61. The van der Waals surface area contributed by atoms with Crippen LogP contribution in [0, 0.1) is 0 Å². The van der Waals surface area contributed by atoms with E-state index in [1.165, 1.54) is 19.3 Å². The summed E-state index contributed by atoms with van der Waals surface area (Å²) in [5, 5.41) is 6.80. The maximum absolute atomic E-state index is 5.61. The molecule has 2 aliphatic rings. The van der Waals surface area contributed by atoms with Gasteiger partial charge in [0.25, 0.3) is 0 Å². The van der Waals surface area contributed by atoms with Gasteiger partial charge in [-0.3, -0.25) is 0 Å². The van der Waals surface area contributed by atoms with Gasteiger partial charge in [0, 0.05) is 5.92 Å². The van der Waals surface area contributed by atoms with Crippen molar-refractivity contribution >= 4 is 0 Å². The molecule has 0 saturated carbocycles. The van der Waals surface area contributed by atoms with E-state index in [4.69, 9.17) is 4.42 Å². The highest BCUT2D eigenvalue weighted by atomic mass is 16.3. The van der Waals surface area contributed by atoms with Crippen LogP contribution >= 0.6 is 0 Å². The Balaban J connectivity index is 1.71. The SMILES string of the molecule is c1oc(C2CCCN2)nc1C1CCNCC1. The lowest BCUT2D eigenvalue weighted by Gasteiger charge is -2.20. The Bertz CT molecular complexity index is 338. The number of rotatable bonds is 2. The smallest absolute Gasteiger partial charge is 0.211 e. The summed E-state index contributed by atoms with van der Waals surface area (Å²) in [7, 11) is 0. The fraction of sp³-hybridized carbons (Fsp3) is 0.750. The van der Waals surface area contributed by atoms with Crippen molar-refractivity contribution in [1.82, 2.24) is 15.6 Å². The molecule has 0 spiro atoms. The van der Waals surface area contributed by atoms with E-state index in [0.29, 0.717) is 12.0 Å². The first-order chi connectivity index (χ1) is 7.93. The molecular weight excluding hydrogens is 202 g/mol. The third-order valence-electron chi connectivity index (χ3n) is 3.66. The second kappa shape index (κ2) is 4.55. The predicted molar refractivity (Wildman–Crippen MR) is 61.3 cm³/mol. The molecule has 16 heavy (non-hydrogen) atoms. The molecule has 0 bridgehead atoms. The fourth-order valence-corrected chi connectivity index (χ4v) is 2.66. The van der Waals surface area contributed by atoms with E-state index in [1.807, 2.05) is 6.26 Å². The van der Waals surface area contributed by atoms with Crippen molar-refractivity contribution in [2.24, 2.45) is 0 Å². The number of oxazole rings is 1. The molecule has 0 amide bonds. The van der Waals surface area contributed by atoms with E-state index in [0.717, 1.165) is 37.6 Å². The minimum absolute atomic E-state index is 0.357. The van der Waals surface area contributed by atoms with Crippen LogP contribution in [0.3, 0.4) is 0 Å². The summed E-state index contributed by atoms with van der Waals surface area (Å²) in [5.74, 6) is 1.49. The molecule has 3 rings (SSSR count).